The van der Waals surface area contributed by atoms with E-state index in [-0.39, 0.29) is 11.5 Å². The SMILES string of the molecule is Cc1ccc(Nc2nnc(SCC(=O)C(C#N)c3nc(-c4ccccc4)cs3)s2)cc1. The number of ketones is 1. The molecule has 1 unspecified atom stereocenters. The summed E-state index contributed by atoms with van der Waals surface area (Å²) in [6.45, 7) is 2.03. The Hall–Kier alpha value is -3.06. The molecular formula is C22H17N5OS3. The van der Waals surface area contributed by atoms with E-state index in [1.165, 1.54) is 40.0 Å². The van der Waals surface area contributed by atoms with Crippen LogP contribution in [0.2, 0.25) is 0 Å². The van der Waals surface area contributed by atoms with Gasteiger partial charge in [0.1, 0.15) is 5.01 Å². The van der Waals surface area contributed by atoms with E-state index in [9.17, 15) is 10.1 Å². The van der Waals surface area contributed by atoms with Crippen molar-refractivity contribution < 1.29 is 4.79 Å². The predicted molar refractivity (Wildman–Crippen MR) is 126 cm³/mol. The van der Waals surface area contributed by atoms with Crippen LogP contribution in [0.4, 0.5) is 10.8 Å². The van der Waals surface area contributed by atoms with Gasteiger partial charge >= 0.3 is 0 Å². The molecule has 4 aromatic rings. The minimum Gasteiger partial charge on any atom is -0.330 e. The maximum absolute atomic E-state index is 12.7. The second-order valence-electron chi connectivity index (χ2n) is 6.62. The van der Waals surface area contributed by atoms with Gasteiger partial charge < -0.3 is 5.32 Å². The molecule has 1 atom stereocenters. The lowest BCUT2D eigenvalue weighted by molar-refractivity contribution is -0.116. The number of nitrogens with zero attached hydrogens (tertiary/aromatic N) is 4. The molecule has 0 aliphatic rings. The zero-order valence-corrected chi connectivity index (χ0v) is 18.9. The number of hydrogen-bond acceptors (Lipinski definition) is 9. The largest absolute Gasteiger partial charge is 0.330 e. The quantitative estimate of drug-likeness (QED) is 0.336. The lowest BCUT2D eigenvalue weighted by Gasteiger charge is -2.03. The summed E-state index contributed by atoms with van der Waals surface area (Å²) < 4.78 is 0.670. The third-order valence-electron chi connectivity index (χ3n) is 4.34. The van der Waals surface area contributed by atoms with Crippen LogP contribution >= 0.6 is 34.4 Å². The number of nitriles is 1. The average Bonchev–Trinajstić information content (AvgIpc) is 3.45. The van der Waals surface area contributed by atoms with E-state index in [0.29, 0.717) is 14.5 Å². The summed E-state index contributed by atoms with van der Waals surface area (Å²) in [5.41, 5.74) is 3.85. The van der Waals surface area contributed by atoms with Crippen LogP contribution in [0.3, 0.4) is 0 Å². The number of thiazole rings is 1. The molecule has 0 saturated heterocycles. The maximum Gasteiger partial charge on any atom is 0.210 e. The van der Waals surface area contributed by atoms with Crippen LogP contribution in [0.5, 0.6) is 0 Å². The number of aromatic nitrogens is 3. The second-order valence-corrected chi connectivity index (χ2v) is 9.71. The zero-order valence-electron chi connectivity index (χ0n) is 16.5. The van der Waals surface area contributed by atoms with Gasteiger partial charge in [-0.25, -0.2) is 4.98 Å². The molecule has 0 aliphatic heterocycles. The van der Waals surface area contributed by atoms with Gasteiger partial charge in [0.2, 0.25) is 5.13 Å². The summed E-state index contributed by atoms with van der Waals surface area (Å²) in [5.74, 6) is -0.935. The van der Waals surface area contributed by atoms with Gasteiger partial charge in [0.25, 0.3) is 0 Å². The molecule has 0 spiro atoms. The van der Waals surface area contributed by atoms with Crippen molar-refractivity contribution >= 4 is 51.0 Å². The van der Waals surface area contributed by atoms with Gasteiger partial charge in [0, 0.05) is 16.6 Å². The lowest BCUT2D eigenvalue weighted by Crippen LogP contribution is -2.13. The van der Waals surface area contributed by atoms with Gasteiger partial charge in [0.15, 0.2) is 16.0 Å². The third-order valence-corrected chi connectivity index (χ3v) is 7.24. The van der Waals surface area contributed by atoms with Gasteiger partial charge in [-0.1, -0.05) is 71.1 Å². The maximum atomic E-state index is 12.7. The van der Waals surface area contributed by atoms with Crippen LogP contribution < -0.4 is 5.32 Å². The van der Waals surface area contributed by atoms with E-state index in [1.807, 2.05) is 66.9 Å². The first-order valence-corrected chi connectivity index (χ1v) is 12.0. The monoisotopic (exact) mass is 463 g/mol. The Morgan fingerprint density at radius 1 is 1.16 bits per heavy atom. The van der Waals surface area contributed by atoms with E-state index >= 15 is 0 Å². The molecule has 1 N–H and O–H groups in total. The molecule has 4 rings (SSSR count). The number of aryl methyl sites for hydroxylation is 1. The average molecular weight is 464 g/mol. The number of thioether (sulfide) groups is 1. The number of nitrogens with one attached hydrogen (secondary N) is 1. The van der Waals surface area contributed by atoms with E-state index < -0.39 is 5.92 Å². The summed E-state index contributed by atoms with van der Waals surface area (Å²) in [5, 5.41) is 24.1. The molecule has 2 aromatic heterocycles. The summed E-state index contributed by atoms with van der Waals surface area (Å²) >= 11 is 3.99. The standard InChI is InChI=1S/C22H17N5OS3/c1-14-7-9-16(10-8-14)24-21-26-27-22(31-21)30-13-19(28)17(11-23)20-25-18(12-29-20)15-5-3-2-4-6-15/h2-10,12,17H,13H2,1H3,(H,24,26). The van der Waals surface area contributed by atoms with Crippen molar-refractivity contribution in [2.45, 2.75) is 17.2 Å². The highest BCUT2D eigenvalue weighted by Gasteiger charge is 2.24. The number of carbonyl (C=O) groups is 1. The Labute approximate surface area is 192 Å². The van der Waals surface area contributed by atoms with Crippen molar-refractivity contribution in [1.82, 2.24) is 15.2 Å². The van der Waals surface area contributed by atoms with E-state index in [1.54, 1.807) is 0 Å². The van der Waals surface area contributed by atoms with Crippen molar-refractivity contribution in [1.29, 1.82) is 5.26 Å². The highest BCUT2D eigenvalue weighted by Crippen LogP contribution is 2.31. The van der Waals surface area contributed by atoms with Gasteiger partial charge in [-0.05, 0) is 19.1 Å². The molecule has 0 radical (unpaired) electrons. The number of Topliss-reactive ketones (excluding diaryl/α,β-unsaturated/α-hetero) is 1. The summed E-state index contributed by atoms with van der Waals surface area (Å²) in [6, 6.07) is 19.8. The van der Waals surface area contributed by atoms with Crippen LogP contribution in [0.25, 0.3) is 11.3 Å². The summed E-state index contributed by atoms with van der Waals surface area (Å²) in [6.07, 6.45) is 0. The molecular weight excluding hydrogens is 446 g/mol. The Morgan fingerprint density at radius 2 is 1.94 bits per heavy atom. The fourth-order valence-electron chi connectivity index (χ4n) is 2.72. The molecule has 9 heteroatoms. The van der Waals surface area contributed by atoms with Gasteiger partial charge in [-0.2, -0.15) is 5.26 Å². The van der Waals surface area contributed by atoms with Crippen LogP contribution in [0.1, 0.15) is 16.5 Å². The van der Waals surface area contributed by atoms with Crippen molar-refractivity contribution in [2.75, 3.05) is 11.1 Å². The molecule has 2 aromatic carbocycles. The fourth-order valence-corrected chi connectivity index (χ4v) is 5.29. The van der Waals surface area contributed by atoms with Crippen molar-refractivity contribution in [3.63, 3.8) is 0 Å². The van der Waals surface area contributed by atoms with Crippen LogP contribution in [-0.4, -0.2) is 26.7 Å². The molecule has 0 aliphatic carbocycles. The number of anilines is 2. The fraction of sp³-hybridized carbons (Fsp3) is 0.136. The predicted octanol–water partition coefficient (Wildman–Crippen LogP) is 5.68. The van der Waals surface area contributed by atoms with Gasteiger partial charge in [-0.15, -0.1) is 21.5 Å². The van der Waals surface area contributed by atoms with E-state index in [0.717, 1.165) is 16.9 Å². The Bertz CT molecular complexity index is 1210. The van der Waals surface area contributed by atoms with Crippen molar-refractivity contribution in [3.05, 3.63) is 70.5 Å². The summed E-state index contributed by atoms with van der Waals surface area (Å²) in [7, 11) is 0. The minimum atomic E-state index is -0.881. The lowest BCUT2D eigenvalue weighted by atomic mass is 10.1. The molecule has 0 fully saturated rings. The Balaban J connectivity index is 1.37. The molecule has 0 bridgehead atoms. The smallest absolute Gasteiger partial charge is 0.210 e. The second kappa shape index (κ2) is 9.83. The molecule has 2 heterocycles. The number of benzene rings is 2. The molecule has 0 saturated carbocycles. The highest BCUT2D eigenvalue weighted by atomic mass is 32.2. The molecule has 0 amide bonds. The first-order valence-electron chi connectivity index (χ1n) is 9.35. The normalized spacial score (nSPS) is 11.6. The first-order chi connectivity index (χ1) is 15.1. The number of rotatable bonds is 8. The number of carbonyl (C=O) groups excluding carboxylic acids is 1. The van der Waals surface area contributed by atoms with Crippen LogP contribution in [-0.2, 0) is 4.79 Å². The topological polar surface area (TPSA) is 91.6 Å². The first kappa shape index (κ1) is 21.2. The third kappa shape index (κ3) is 5.35. The van der Waals surface area contributed by atoms with Crippen molar-refractivity contribution in [2.24, 2.45) is 0 Å². The molecule has 6 nitrogen and oxygen atoms in total. The van der Waals surface area contributed by atoms with Crippen LogP contribution in [0.15, 0.2) is 64.3 Å². The zero-order chi connectivity index (χ0) is 21.6. The summed E-state index contributed by atoms with van der Waals surface area (Å²) in [4.78, 5) is 17.2. The molecule has 31 heavy (non-hydrogen) atoms. The van der Waals surface area contributed by atoms with Crippen molar-refractivity contribution in [3.8, 4) is 17.3 Å². The number of hydrogen-bond donors (Lipinski definition) is 1. The highest BCUT2D eigenvalue weighted by molar-refractivity contribution is 8.01. The minimum absolute atomic E-state index is 0.137. The van der Waals surface area contributed by atoms with Gasteiger partial charge in [-0.3, -0.25) is 4.79 Å². The van der Waals surface area contributed by atoms with Gasteiger partial charge in [0.05, 0.1) is 17.5 Å². The van der Waals surface area contributed by atoms with E-state index in [4.69, 9.17) is 0 Å². The molecule has 154 valence electrons. The van der Waals surface area contributed by atoms with E-state index in [2.05, 4.69) is 26.6 Å². The van der Waals surface area contributed by atoms with Crippen LogP contribution in [0, 0.1) is 18.3 Å². The Morgan fingerprint density at radius 3 is 2.68 bits per heavy atom. The Kier molecular flexibility index (Phi) is 6.72.